The van der Waals surface area contributed by atoms with E-state index in [0.717, 1.165) is 22.3 Å². The number of nitrogens with zero attached hydrogens (tertiary/aromatic N) is 4. The molecule has 0 atom stereocenters. The van der Waals surface area contributed by atoms with Gasteiger partial charge in [-0.15, -0.1) is 5.10 Å². The van der Waals surface area contributed by atoms with Crippen LogP contribution in [0.4, 0.5) is 10.5 Å². The lowest BCUT2D eigenvalue weighted by Crippen LogP contribution is -2.31. The van der Waals surface area contributed by atoms with Crippen LogP contribution in [0.25, 0.3) is 11.0 Å². The molecule has 0 saturated heterocycles. The number of aromatic nitrogens is 3. The molecule has 3 rings (SSSR count). The third-order valence-corrected chi connectivity index (χ3v) is 4.16. The zero-order valence-corrected chi connectivity index (χ0v) is 16.1. The highest BCUT2D eigenvalue weighted by molar-refractivity contribution is 5.91. The number of carbonyl (C=O) groups excluding carboxylic acids is 1. The number of aryl methyl sites for hydroxylation is 1. The van der Waals surface area contributed by atoms with E-state index in [1.807, 2.05) is 49.5 Å². The average Bonchev–Trinajstić information content (AvgIpc) is 3.01. The zero-order chi connectivity index (χ0) is 19.4. The maximum Gasteiger partial charge on any atom is 0.321 e. The highest BCUT2D eigenvalue weighted by atomic mass is 16.5. The molecular weight excluding hydrogens is 342 g/mol. The number of rotatable bonds is 6. The molecule has 2 aromatic carbocycles. The van der Waals surface area contributed by atoms with Crippen molar-refractivity contribution in [3.05, 3.63) is 48.0 Å². The maximum atomic E-state index is 12.6. The summed E-state index contributed by atoms with van der Waals surface area (Å²) in [6.07, 6.45) is 0. The Kier molecular flexibility index (Phi) is 5.59. The lowest BCUT2D eigenvalue weighted by molar-refractivity contribution is 0.219. The van der Waals surface area contributed by atoms with E-state index in [-0.39, 0.29) is 6.03 Å². The molecule has 1 aromatic heterocycles. The number of hydrogen-bond donors (Lipinski definition) is 1. The molecule has 27 heavy (non-hydrogen) atoms. The number of anilines is 1. The Morgan fingerprint density at radius 1 is 1.26 bits per heavy atom. The second-order valence-corrected chi connectivity index (χ2v) is 7.02. The van der Waals surface area contributed by atoms with Crippen molar-refractivity contribution in [2.75, 3.05) is 19.0 Å². The normalized spacial score (nSPS) is 11.0. The van der Waals surface area contributed by atoms with Crippen molar-refractivity contribution in [2.45, 2.75) is 20.4 Å². The summed E-state index contributed by atoms with van der Waals surface area (Å²) < 4.78 is 7.57. The first-order valence-electron chi connectivity index (χ1n) is 8.96. The number of carbonyl (C=O) groups is 1. The molecule has 3 aromatic rings. The molecule has 0 bridgehead atoms. The van der Waals surface area contributed by atoms with Crippen LogP contribution in [0.3, 0.4) is 0 Å². The fourth-order valence-corrected chi connectivity index (χ4v) is 2.70. The SMILES string of the molecule is CC(C)COc1ccccc1CN(C)C(=O)Nc1ccc2c(c1)nnn2C. The van der Waals surface area contributed by atoms with E-state index in [2.05, 4.69) is 29.5 Å². The van der Waals surface area contributed by atoms with Crippen LogP contribution >= 0.6 is 0 Å². The molecule has 0 radical (unpaired) electrons. The Bertz CT molecular complexity index is 935. The second kappa shape index (κ2) is 8.07. The topological polar surface area (TPSA) is 72.3 Å². The van der Waals surface area contributed by atoms with Crippen molar-refractivity contribution in [1.82, 2.24) is 19.9 Å². The van der Waals surface area contributed by atoms with Gasteiger partial charge in [0.05, 0.1) is 18.7 Å². The van der Waals surface area contributed by atoms with Gasteiger partial charge in [-0.3, -0.25) is 0 Å². The molecule has 0 fully saturated rings. The van der Waals surface area contributed by atoms with Gasteiger partial charge in [0.2, 0.25) is 0 Å². The number of benzene rings is 2. The third kappa shape index (κ3) is 4.55. The number of fused-ring (bicyclic) bond motifs is 1. The van der Waals surface area contributed by atoms with Gasteiger partial charge in [0.25, 0.3) is 0 Å². The molecule has 7 nitrogen and oxygen atoms in total. The molecule has 0 saturated carbocycles. The van der Waals surface area contributed by atoms with E-state index in [1.165, 1.54) is 0 Å². The Labute approximate surface area is 158 Å². The minimum atomic E-state index is -0.197. The largest absolute Gasteiger partial charge is 0.493 e. The van der Waals surface area contributed by atoms with Gasteiger partial charge >= 0.3 is 6.03 Å². The highest BCUT2D eigenvalue weighted by Crippen LogP contribution is 2.21. The summed E-state index contributed by atoms with van der Waals surface area (Å²) in [5.41, 5.74) is 3.31. The first kappa shape index (κ1) is 18.7. The van der Waals surface area contributed by atoms with Gasteiger partial charge in [0.15, 0.2) is 0 Å². The number of para-hydroxylation sites is 1. The van der Waals surface area contributed by atoms with E-state index in [9.17, 15) is 4.79 Å². The molecule has 142 valence electrons. The summed E-state index contributed by atoms with van der Waals surface area (Å²) in [7, 11) is 3.59. The van der Waals surface area contributed by atoms with Crippen molar-refractivity contribution >= 4 is 22.8 Å². The van der Waals surface area contributed by atoms with E-state index >= 15 is 0 Å². The van der Waals surface area contributed by atoms with Crippen LogP contribution in [0, 0.1) is 5.92 Å². The zero-order valence-electron chi connectivity index (χ0n) is 16.1. The molecule has 7 heteroatoms. The first-order chi connectivity index (χ1) is 12.9. The van der Waals surface area contributed by atoms with Crippen LogP contribution < -0.4 is 10.1 Å². The summed E-state index contributed by atoms with van der Waals surface area (Å²) >= 11 is 0. The minimum absolute atomic E-state index is 0.197. The number of urea groups is 1. The van der Waals surface area contributed by atoms with Gasteiger partial charge in [-0.25, -0.2) is 9.48 Å². The molecule has 0 aliphatic heterocycles. The van der Waals surface area contributed by atoms with E-state index in [0.29, 0.717) is 24.8 Å². The van der Waals surface area contributed by atoms with Crippen LogP contribution in [0.5, 0.6) is 5.75 Å². The lowest BCUT2D eigenvalue weighted by Gasteiger charge is -2.20. The molecule has 0 unspecified atom stereocenters. The smallest absolute Gasteiger partial charge is 0.321 e. The van der Waals surface area contributed by atoms with Crippen molar-refractivity contribution in [3.63, 3.8) is 0 Å². The summed E-state index contributed by atoms with van der Waals surface area (Å²) in [6.45, 7) is 5.31. The summed E-state index contributed by atoms with van der Waals surface area (Å²) in [6, 6.07) is 13.2. The van der Waals surface area contributed by atoms with E-state index in [1.54, 1.807) is 16.6 Å². The van der Waals surface area contributed by atoms with E-state index in [4.69, 9.17) is 4.74 Å². The number of hydrogen-bond acceptors (Lipinski definition) is 4. The van der Waals surface area contributed by atoms with Gasteiger partial charge in [-0.05, 0) is 30.2 Å². The van der Waals surface area contributed by atoms with Gasteiger partial charge in [-0.2, -0.15) is 0 Å². The van der Waals surface area contributed by atoms with Crippen LogP contribution in [-0.2, 0) is 13.6 Å². The number of nitrogens with one attached hydrogen (secondary N) is 1. The summed E-state index contributed by atoms with van der Waals surface area (Å²) in [5.74, 6) is 1.25. The third-order valence-electron chi connectivity index (χ3n) is 4.16. The quantitative estimate of drug-likeness (QED) is 0.721. The standard InChI is InChI=1S/C20H25N5O2/c1-14(2)13-27-19-8-6-5-7-15(19)12-24(3)20(26)21-16-9-10-18-17(11-16)22-23-25(18)4/h5-11,14H,12-13H2,1-4H3,(H,21,26). The Morgan fingerprint density at radius 2 is 2.04 bits per heavy atom. The molecule has 1 heterocycles. The molecule has 2 amide bonds. The van der Waals surface area contributed by atoms with Crippen molar-refractivity contribution in [3.8, 4) is 5.75 Å². The highest BCUT2D eigenvalue weighted by Gasteiger charge is 2.13. The van der Waals surface area contributed by atoms with E-state index < -0.39 is 0 Å². The van der Waals surface area contributed by atoms with Gasteiger partial charge < -0.3 is 15.0 Å². The molecular formula is C20H25N5O2. The van der Waals surface area contributed by atoms with Crippen LogP contribution in [0.1, 0.15) is 19.4 Å². The average molecular weight is 367 g/mol. The van der Waals surface area contributed by atoms with Crippen LogP contribution in [-0.4, -0.2) is 39.6 Å². The van der Waals surface area contributed by atoms with Crippen molar-refractivity contribution in [2.24, 2.45) is 13.0 Å². The molecule has 0 spiro atoms. The Balaban J connectivity index is 1.66. The molecule has 0 aliphatic carbocycles. The monoisotopic (exact) mass is 367 g/mol. The number of amides is 2. The predicted octanol–water partition coefficient (Wildman–Crippen LogP) is 3.67. The molecule has 0 aliphatic rings. The Morgan fingerprint density at radius 3 is 2.81 bits per heavy atom. The summed E-state index contributed by atoms with van der Waals surface area (Å²) in [5, 5.41) is 11.0. The Hall–Kier alpha value is -3.09. The van der Waals surface area contributed by atoms with Crippen molar-refractivity contribution in [1.29, 1.82) is 0 Å². The van der Waals surface area contributed by atoms with Gasteiger partial charge in [0, 0.05) is 25.3 Å². The number of ether oxygens (including phenoxy) is 1. The second-order valence-electron chi connectivity index (χ2n) is 7.02. The van der Waals surface area contributed by atoms with Crippen LogP contribution in [0.15, 0.2) is 42.5 Å². The van der Waals surface area contributed by atoms with Crippen LogP contribution in [0.2, 0.25) is 0 Å². The predicted molar refractivity (Wildman–Crippen MR) is 106 cm³/mol. The fraction of sp³-hybridized carbons (Fsp3) is 0.350. The fourth-order valence-electron chi connectivity index (χ4n) is 2.70. The first-order valence-corrected chi connectivity index (χ1v) is 8.96. The lowest BCUT2D eigenvalue weighted by atomic mass is 10.2. The maximum absolute atomic E-state index is 12.6. The molecule has 1 N–H and O–H groups in total. The minimum Gasteiger partial charge on any atom is -0.493 e. The van der Waals surface area contributed by atoms with Crippen molar-refractivity contribution < 1.29 is 9.53 Å². The van der Waals surface area contributed by atoms with Gasteiger partial charge in [-0.1, -0.05) is 37.3 Å². The summed E-state index contributed by atoms with van der Waals surface area (Å²) in [4.78, 5) is 14.2. The van der Waals surface area contributed by atoms with Gasteiger partial charge in [0.1, 0.15) is 11.3 Å².